The summed E-state index contributed by atoms with van der Waals surface area (Å²) >= 11 is 0. The summed E-state index contributed by atoms with van der Waals surface area (Å²) in [6.45, 7) is 7.47. The minimum Gasteiger partial charge on any atom is -0.489 e. The number of carbonyl (C=O) groups excluding carboxylic acids is 1. The number of imidazole rings is 1. The molecule has 1 aromatic carbocycles. The fourth-order valence-corrected chi connectivity index (χ4v) is 2.39. The van der Waals surface area contributed by atoms with Crippen molar-refractivity contribution in [1.82, 2.24) is 15.3 Å². The maximum Gasteiger partial charge on any atom is 0.407 e. The quantitative estimate of drug-likeness (QED) is 0.701. The fourth-order valence-electron chi connectivity index (χ4n) is 2.39. The van der Waals surface area contributed by atoms with E-state index in [9.17, 15) is 9.18 Å². The molecule has 2 aromatic rings. The highest BCUT2D eigenvalue weighted by atomic mass is 19.1. The van der Waals surface area contributed by atoms with Crippen molar-refractivity contribution in [3.8, 4) is 5.75 Å². The fraction of sp³-hybridized carbons (Fsp3) is 0.500. The Morgan fingerprint density at radius 1 is 1.37 bits per heavy atom. The molecule has 0 saturated carbocycles. The molecule has 2 rings (SSSR count). The maximum absolute atomic E-state index is 13.1. The van der Waals surface area contributed by atoms with E-state index >= 15 is 0 Å². The van der Waals surface area contributed by atoms with E-state index in [1.165, 1.54) is 0 Å². The first kappa shape index (κ1) is 20.7. The number of aromatic nitrogens is 2. The van der Waals surface area contributed by atoms with Crippen LogP contribution in [0.3, 0.4) is 0 Å². The first-order valence-electron chi connectivity index (χ1n) is 9.17. The number of unbranched alkanes of at least 4 members (excludes halogenated alkanes) is 1. The van der Waals surface area contributed by atoms with Gasteiger partial charge in [0.1, 0.15) is 23.8 Å². The zero-order chi connectivity index (χ0) is 19.9. The molecule has 1 amide bonds. The highest BCUT2D eigenvalue weighted by Crippen LogP contribution is 2.20. The number of hydrogen-bond donors (Lipinski definition) is 2. The molecule has 0 radical (unpaired) electrons. The molecule has 0 aliphatic carbocycles. The van der Waals surface area contributed by atoms with Gasteiger partial charge in [0.05, 0.1) is 17.4 Å². The smallest absolute Gasteiger partial charge is 0.407 e. The van der Waals surface area contributed by atoms with E-state index in [2.05, 4.69) is 22.2 Å². The second kappa shape index (κ2) is 9.39. The Morgan fingerprint density at radius 2 is 2.15 bits per heavy atom. The number of fused-ring (bicyclic) bond motifs is 1. The summed E-state index contributed by atoms with van der Waals surface area (Å²) in [5.41, 5.74) is 1.46. The Labute approximate surface area is 159 Å². The Balaban J connectivity index is 1.89. The van der Waals surface area contributed by atoms with Gasteiger partial charge in [-0.3, -0.25) is 0 Å². The van der Waals surface area contributed by atoms with Crippen LogP contribution in [0.2, 0.25) is 0 Å². The van der Waals surface area contributed by atoms with Crippen molar-refractivity contribution in [2.24, 2.45) is 0 Å². The van der Waals surface area contributed by atoms with Crippen molar-refractivity contribution < 1.29 is 18.7 Å². The Bertz CT molecular complexity index is 793. The highest BCUT2D eigenvalue weighted by molar-refractivity contribution is 5.76. The van der Waals surface area contributed by atoms with Crippen LogP contribution in [0.1, 0.15) is 46.4 Å². The summed E-state index contributed by atoms with van der Waals surface area (Å²) in [5.74, 6) is 1.56. The first-order chi connectivity index (χ1) is 12.8. The van der Waals surface area contributed by atoms with E-state index in [0.29, 0.717) is 17.7 Å². The normalized spacial score (nSPS) is 12.3. The van der Waals surface area contributed by atoms with Crippen LogP contribution in [-0.4, -0.2) is 34.8 Å². The van der Waals surface area contributed by atoms with Gasteiger partial charge in [0, 0.05) is 24.6 Å². The minimum atomic E-state index is -0.602. The number of nitrogens with zero attached hydrogens (tertiary/aromatic N) is 1. The van der Waals surface area contributed by atoms with E-state index in [0.717, 1.165) is 36.1 Å². The number of carbonyl (C=O) groups is 1. The van der Waals surface area contributed by atoms with Gasteiger partial charge in [-0.05, 0) is 39.3 Å². The average Bonchev–Trinajstić information content (AvgIpc) is 3.00. The predicted molar refractivity (Wildman–Crippen MR) is 104 cm³/mol. The van der Waals surface area contributed by atoms with E-state index < -0.39 is 11.7 Å². The number of H-pyrrole nitrogens is 1. The molecule has 2 N–H and O–H groups in total. The van der Waals surface area contributed by atoms with Crippen LogP contribution in [0, 0.1) is 0 Å². The SMILES string of the molecule is CCCCc1nc2ccc(OC/C(=C/F)CNC(=O)OC(C)(C)C)cc2[nH]1. The number of halogens is 1. The molecule has 0 spiro atoms. The van der Waals surface area contributed by atoms with Gasteiger partial charge in [-0.25, -0.2) is 14.2 Å². The number of benzene rings is 1. The molecule has 1 heterocycles. The van der Waals surface area contributed by atoms with Crippen LogP contribution in [0.15, 0.2) is 30.1 Å². The van der Waals surface area contributed by atoms with Crippen molar-refractivity contribution >= 4 is 17.1 Å². The standard InChI is InChI=1S/C20H28FN3O3/c1-5-6-7-18-23-16-9-8-15(10-17(16)24-18)26-13-14(11-21)12-22-19(25)27-20(2,3)4/h8-11H,5-7,12-13H2,1-4H3,(H,22,25)(H,23,24)/b14-11+. The van der Waals surface area contributed by atoms with Crippen LogP contribution >= 0.6 is 0 Å². The monoisotopic (exact) mass is 377 g/mol. The van der Waals surface area contributed by atoms with E-state index in [4.69, 9.17) is 9.47 Å². The molecule has 0 unspecified atom stereocenters. The topological polar surface area (TPSA) is 76.2 Å². The molecule has 148 valence electrons. The number of aromatic amines is 1. The molecular weight excluding hydrogens is 349 g/mol. The Morgan fingerprint density at radius 3 is 2.81 bits per heavy atom. The molecule has 7 heteroatoms. The second-order valence-electron chi connectivity index (χ2n) is 7.38. The minimum absolute atomic E-state index is 0.0128. The van der Waals surface area contributed by atoms with Gasteiger partial charge in [-0.15, -0.1) is 0 Å². The number of aryl methyl sites for hydroxylation is 1. The second-order valence-corrected chi connectivity index (χ2v) is 7.38. The number of ether oxygens (including phenoxy) is 2. The number of nitrogens with one attached hydrogen (secondary N) is 2. The van der Waals surface area contributed by atoms with Crippen molar-refractivity contribution in [3.05, 3.63) is 35.9 Å². The molecule has 0 aliphatic heterocycles. The third-order valence-corrected chi connectivity index (χ3v) is 3.71. The average molecular weight is 377 g/mol. The number of alkyl carbamates (subject to hydrolysis) is 1. The zero-order valence-corrected chi connectivity index (χ0v) is 16.4. The first-order valence-corrected chi connectivity index (χ1v) is 9.17. The molecule has 0 atom stereocenters. The highest BCUT2D eigenvalue weighted by Gasteiger charge is 2.16. The molecule has 0 aliphatic rings. The molecule has 27 heavy (non-hydrogen) atoms. The largest absolute Gasteiger partial charge is 0.489 e. The Hall–Kier alpha value is -2.57. The third-order valence-electron chi connectivity index (χ3n) is 3.71. The molecule has 6 nitrogen and oxygen atoms in total. The van der Waals surface area contributed by atoms with Crippen LogP contribution in [0.5, 0.6) is 5.75 Å². The van der Waals surface area contributed by atoms with Gasteiger partial charge >= 0.3 is 6.09 Å². The lowest BCUT2D eigenvalue weighted by molar-refractivity contribution is 0.0531. The molecule has 0 bridgehead atoms. The predicted octanol–water partition coefficient (Wildman–Crippen LogP) is 4.66. The van der Waals surface area contributed by atoms with Crippen LogP contribution < -0.4 is 10.1 Å². The summed E-state index contributed by atoms with van der Waals surface area (Å²) in [5, 5.41) is 2.51. The molecular formula is C20H28FN3O3. The van der Waals surface area contributed by atoms with Crippen molar-refractivity contribution in [2.45, 2.75) is 52.6 Å². The zero-order valence-electron chi connectivity index (χ0n) is 16.4. The molecule has 0 saturated heterocycles. The molecule has 0 fully saturated rings. The maximum atomic E-state index is 13.1. The lowest BCUT2D eigenvalue weighted by Gasteiger charge is -2.20. The summed E-state index contributed by atoms with van der Waals surface area (Å²) in [6.07, 6.45) is 2.95. The molecule has 1 aromatic heterocycles. The number of amides is 1. The van der Waals surface area contributed by atoms with Gasteiger partial charge in [0.2, 0.25) is 0 Å². The lowest BCUT2D eigenvalue weighted by atomic mass is 10.2. The van der Waals surface area contributed by atoms with Gasteiger partial charge < -0.3 is 19.8 Å². The van der Waals surface area contributed by atoms with Crippen LogP contribution in [-0.2, 0) is 11.2 Å². The van der Waals surface area contributed by atoms with Crippen molar-refractivity contribution in [1.29, 1.82) is 0 Å². The summed E-state index contributed by atoms with van der Waals surface area (Å²) in [4.78, 5) is 19.5. The van der Waals surface area contributed by atoms with Crippen LogP contribution in [0.25, 0.3) is 11.0 Å². The third kappa shape index (κ3) is 6.92. The van der Waals surface area contributed by atoms with E-state index in [1.54, 1.807) is 26.8 Å². The number of hydrogen-bond acceptors (Lipinski definition) is 4. The van der Waals surface area contributed by atoms with E-state index in [1.807, 2.05) is 12.1 Å². The lowest BCUT2D eigenvalue weighted by Crippen LogP contribution is -2.34. The Kier molecular flexibility index (Phi) is 7.21. The van der Waals surface area contributed by atoms with Crippen molar-refractivity contribution in [2.75, 3.05) is 13.2 Å². The van der Waals surface area contributed by atoms with Gasteiger partial charge in [0.25, 0.3) is 0 Å². The number of rotatable bonds is 8. The van der Waals surface area contributed by atoms with Gasteiger partial charge in [-0.1, -0.05) is 13.3 Å². The summed E-state index contributed by atoms with van der Waals surface area (Å²) < 4.78 is 23.8. The van der Waals surface area contributed by atoms with Crippen LogP contribution in [0.4, 0.5) is 9.18 Å². The van der Waals surface area contributed by atoms with E-state index in [-0.39, 0.29) is 13.2 Å². The van der Waals surface area contributed by atoms with Crippen molar-refractivity contribution in [3.63, 3.8) is 0 Å². The summed E-state index contributed by atoms with van der Waals surface area (Å²) in [7, 11) is 0. The van der Waals surface area contributed by atoms with Gasteiger partial charge in [-0.2, -0.15) is 0 Å². The summed E-state index contributed by atoms with van der Waals surface area (Å²) in [6, 6.07) is 5.51. The van der Waals surface area contributed by atoms with Gasteiger partial charge in [0.15, 0.2) is 0 Å².